The van der Waals surface area contributed by atoms with Gasteiger partial charge in [0, 0.05) is 40.3 Å². The number of nitrogens with one attached hydrogen (secondary N) is 1. The highest BCUT2D eigenvalue weighted by Gasteiger charge is 2.28. The molecule has 1 aliphatic rings. The first-order chi connectivity index (χ1) is 21.8. The molecule has 1 unspecified atom stereocenters. The van der Waals surface area contributed by atoms with Crippen LogP contribution in [0.25, 0.3) is 11.1 Å². The van der Waals surface area contributed by atoms with E-state index < -0.39 is 35.6 Å². The van der Waals surface area contributed by atoms with Crippen molar-refractivity contribution >= 4 is 41.1 Å². The molecular weight excluding hydrogens is 640 g/mol. The predicted molar refractivity (Wildman–Crippen MR) is 171 cm³/mol. The Hall–Kier alpha value is -3.90. The lowest BCUT2D eigenvalue weighted by Gasteiger charge is -2.24. The molecule has 248 valence electrons. The summed E-state index contributed by atoms with van der Waals surface area (Å²) in [6, 6.07) is 3.48. The van der Waals surface area contributed by atoms with Gasteiger partial charge in [-0.2, -0.15) is 0 Å². The number of anilines is 1. The monoisotopic (exact) mass is 677 g/mol. The minimum absolute atomic E-state index is 0.117. The van der Waals surface area contributed by atoms with Gasteiger partial charge in [0.2, 0.25) is 0 Å². The molecule has 0 saturated heterocycles. The molecule has 0 radical (unpaired) electrons. The summed E-state index contributed by atoms with van der Waals surface area (Å²) in [4.78, 5) is 38.0. The summed E-state index contributed by atoms with van der Waals surface area (Å²) in [6.45, 7) is 7.10. The topological polar surface area (TPSA) is 148 Å². The number of pyridine rings is 1. The normalized spacial score (nSPS) is 14.8. The fourth-order valence-corrected chi connectivity index (χ4v) is 5.49. The molecule has 11 nitrogen and oxygen atoms in total. The van der Waals surface area contributed by atoms with Crippen LogP contribution in [-0.4, -0.2) is 51.4 Å². The van der Waals surface area contributed by atoms with Gasteiger partial charge in [-0.25, -0.2) is 28.9 Å². The van der Waals surface area contributed by atoms with Crippen molar-refractivity contribution < 1.29 is 32.9 Å². The third-order valence-electron chi connectivity index (χ3n) is 7.06. The van der Waals surface area contributed by atoms with Gasteiger partial charge in [0.1, 0.15) is 29.7 Å². The van der Waals surface area contributed by atoms with E-state index in [2.05, 4.69) is 20.3 Å². The predicted octanol–water partition coefficient (Wildman–Crippen LogP) is 7.24. The number of hydrogen-bond acceptors (Lipinski definition) is 10. The van der Waals surface area contributed by atoms with Crippen molar-refractivity contribution in [2.45, 2.75) is 90.1 Å². The molecule has 0 bridgehead atoms. The Balaban J connectivity index is 1.34. The smallest absolute Gasteiger partial charge is 0.408 e. The van der Waals surface area contributed by atoms with Crippen molar-refractivity contribution in [1.82, 2.24) is 20.3 Å². The Labute approximate surface area is 277 Å². The van der Waals surface area contributed by atoms with Gasteiger partial charge in [-0.3, -0.25) is 0 Å². The SMILES string of the molecule is CC(Oc1cc(-c2cnc(OCCC[C@H](NC(=O)OC(C)(C)C)C(=O)OC3CCCC3)nc2)cnc1N)c1c(Cl)ccc(F)c1Cl. The van der Waals surface area contributed by atoms with Crippen LogP contribution in [0.1, 0.15) is 77.9 Å². The number of nitrogen functional groups attached to an aromatic ring is 1. The molecule has 2 atom stereocenters. The number of alkyl carbamates (subject to hydrolysis) is 1. The number of ether oxygens (including phenoxy) is 4. The third kappa shape index (κ3) is 9.80. The molecule has 14 heteroatoms. The van der Waals surface area contributed by atoms with E-state index in [4.69, 9.17) is 47.9 Å². The van der Waals surface area contributed by atoms with Gasteiger partial charge in [-0.15, -0.1) is 0 Å². The van der Waals surface area contributed by atoms with Gasteiger partial charge in [0.05, 0.1) is 11.6 Å². The summed E-state index contributed by atoms with van der Waals surface area (Å²) < 4.78 is 36.6. The fourth-order valence-electron chi connectivity index (χ4n) is 4.81. The number of esters is 1. The summed E-state index contributed by atoms with van der Waals surface area (Å²) in [5.41, 5.74) is 6.83. The van der Waals surface area contributed by atoms with E-state index in [-0.39, 0.29) is 52.3 Å². The Bertz CT molecular complexity index is 1520. The Morgan fingerprint density at radius 2 is 1.76 bits per heavy atom. The van der Waals surface area contributed by atoms with Crippen LogP contribution >= 0.6 is 23.2 Å². The fraction of sp³-hybridized carbons (Fsp3) is 0.469. The van der Waals surface area contributed by atoms with Crippen LogP contribution in [0.3, 0.4) is 0 Å². The quantitative estimate of drug-likeness (QED) is 0.114. The van der Waals surface area contributed by atoms with Gasteiger partial charge in [0.25, 0.3) is 0 Å². The van der Waals surface area contributed by atoms with Gasteiger partial charge in [0.15, 0.2) is 11.6 Å². The van der Waals surface area contributed by atoms with E-state index in [0.717, 1.165) is 25.7 Å². The number of aromatic nitrogens is 3. The second kappa shape index (κ2) is 15.6. The van der Waals surface area contributed by atoms with E-state index >= 15 is 0 Å². The van der Waals surface area contributed by atoms with Crippen LogP contribution in [0.15, 0.2) is 36.8 Å². The molecular formula is C32H38Cl2FN5O6. The maximum atomic E-state index is 14.0. The molecule has 1 fully saturated rings. The molecule has 1 aliphatic carbocycles. The molecule has 0 aliphatic heterocycles. The zero-order valence-corrected chi connectivity index (χ0v) is 27.7. The van der Waals surface area contributed by atoms with Crippen LogP contribution in [0.5, 0.6) is 11.8 Å². The average Bonchev–Trinajstić information content (AvgIpc) is 3.50. The first-order valence-electron chi connectivity index (χ1n) is 15.0. The minimum Gasteiger partial charge on any atom is -0.482 e. The van der Waals surface area contributed by atoms with Gasteiger partial charge in [-0.05, 0) is 84.4 Å². The van der Waals surface area contributed by atoms with Crippen LogP contribution in [0.4, 0.5) is 15.0 Å². The number of carbonyl (C=O) groups excluding carboxylic acids is 2. The van der Waals surface area contributed by atoms with E-state index in [1.165, 1.54) is 18.3 Å². The van der Waals surface area contributed by atoms with Gasteiger partial charge < -0.3 is 30.0 Å². The number of carbonyl (C=O) groups is 2. The number of benzene rings is 1. The highest BCUT2D eigenvalue weighted by molar-refractivity contribution is 6.36. The number of hydrogen-bond donors (Lipinski definition) is 2. The van der Waals surface area contributed by atoms with E-state index in [9.17, 15) is 14.0 Å². The molecule has 1 saturated carbocycles. The van der Waals surface area contributed by atoms with Crippen LogP contribution < -0.4 is 20.5 Å². The molecule has 4 rings (SSSR count). The number of amides is 1. The second-order valence-corrected chi connectivity index (χ2v) is 12.7. The average molecular weight is 679 g/mol. The molecule has 1 amide bonds. The lowest BCUT2D eigenvalue weighted by atomic mass is 10.1. The van der Waals surface area contributed by atoms with Crippen molar-refractivity contribution in [3.63, 3.8) is 0 Å². The largest absolute Gasteiger partial charge is 0.482 e. The molecule has 3 N–H and O–H groups in total. The van der Waals surface area contributed by atoms with Crippen LogP contribution in [0.2, 0.25) is 10.0 Å². The van der Waals surface area contributed by atoms with Crippen molar-refractivity contribution in [3.8, 4) is 22.9 Å². The highest BCUT2D eigenvalue weighted by Crippen LogP contribution is 2.37. The lowest BCUT2D eigenvalue weighted by Crippen LogP contribution is -2.45. The zero-order valence-electron chi connectivity index (χ0n) is 26.1. The first-order valence-corrected chi connectivity index (χ1v) is 15.8. The summed E-state index contributed by atoms with van der Waals surface area (Å²) >= 11 is 12.4. The lowest BCUT2D eigenvalue weighted by molar-refractivity contribution is -0.151. The molecule has 2 heterocycles. The summed E-state index contributed by atoms with van der Waals surface area (Å²) in [7, 11) is 0. The van der Waals surface area contributed by atoms with Crippen molar-refractivity contribution in [2.75, 3.05) is 12.3 Å². The minimum atomic E-state index is -0.882. The first kappa shape index (κ1) is 35.0. The summed E-state index contributed by atoms with van der Waals surface area (Å²) in [6.07, 6.45) is 7.43. The van der Waals surface area contributed by atoms with Gasteiger partial charge >= 0.3 is 18.1 Å². The summed E-state index contributed by atoms with van der Waals surface area (Å²) in [5.74, 6) is -0.750. The standard InChI is InChI=1S/C32H38Cl2FN5O6/c1-18(26-22(33)11-12-23(35)27(26)34)44-25-14-19(15-37-28(25)36)20-16-38-30(39-17-20)43-13-7-10-24(40-31(42)46-32(2,3)4)29(41)45-21-8-5-6-9-21/h11-12,14-18,21,24H,5-10,13H2,1-4H3,(H2,36,37)(H,40,42)/t18?,24-/m0/s1. The molecule has 1 aromatic carbocycles. The van der Waals surface area contributed by atoms with E-state index in [1.807, 2.05) is 0 Å². The Morgan fingerprint density at radius 3 is 2.43 bits per heavy atom. The molecule has 3 aromatic rings. The van der Waals surface area contributed by atoms with Crippen molar-refractivity contribution in [3.05, 3.63) is 58.2 Å². The number of halogens is 3. The highest BCUT2D eigenvalue weighted by atomic mass is 35.5. The van der Waals surface area contributed by atoms with Crippen LogP contribution in [0, 0.1) is 5.82 Å². The van der Waals surface area contributed by atoms with Gasteiger partial charge in [-0.1, -0.05) is 23.2 Å². The van der Waals surface area contributed by atoms with Crippen molar-refractivity contribution in [1.29, 1.82) is 0 Å². The maximum absolute atomic E-state index is 14.0. The van der Waals surface area contributed by atoms with Crippen molar-refractivity contribution in [2.24, 2.45) is 0 Å². The molecule has 46 heavy (non-hydrogen) atoms. The number of nitrogens with zero attached hydrogens (tertiary/aromatic N) is 3. The summed E-state index contributed by atoms with van der Waals surface area (Å²) in [5, 5.41) is 2.75. The Morgan fingerprint density at radius 1 is 1.09 bits per heavy atom. The zero-order chi connectivity index (χ0) is 33.4. The van der Waals surface area contributed by atoms with Crippen LogP contribution in [-0.2, 0) is 14.3 Å². The number of rotatable bonds is 12. The molecule has 0 spiro atoms. The molecule has 2 aromatic heterocycles. The Kier molecular flexibility index (Phi) is 11.9. The number of nitrogens with two attached hydrogens (primary N) is 1. The maximum Gasteiger partial charge on any atom is 0.408 e. The third-order valence-corrected chi connectivity index (χ3v) is 7.78. The van der Waals surface area contributed by atoms with E-state index in [1.54, 1.807) is 46.2 Å². The van der Waals surface area contributed by atoms with E-state index in [0.29, 0.717) is 17.5 Å². The second-order valence-electron chi connectivity index (χ2n) is 11.9.